The minimum absolute atomic E-state index is 0.0548. The molecule has 0 amide bonds. The number of rotatable bonds is 6. The molecule has 5 nitrogen and oxygen atoms in total. The van der Waals surface area contributed by atoms with Gasteiger partial charge < -0.3 is 4.74 Å². The van der Waals surface area contributed by atoms with Crippen molar-refractivity contribution in [3.63, 3.8) is 0 Å². The molecule has 5 heteroatoms. The van der Waals surface area contributed by atoms with Crippen LogP contribution < -0.4 is 0 Å². The van der Waals surface area contributed by atoms with Crippen molar-refractivity contribution in [3.8, 4) is 0 Å². The second-order valence-electron chi connectivity index (χ2n) is 3.63. The van der Waals surface area contributed by atoms with Crippen LogP contribution in [0.4, 0.5) is 0 Å². The Bertz CT molecular complexity index is 543. The van der Waals surface area contributed by atoms with Gasteiger partial charge in [0.05, 0.1) is 6.61 Å². The first-order chi connectivity index (χ1) is 9.22. The minimum atomic E-state index is -0.631. The third-order valence-electron chi connectivity index (χ3n) is 2.35. The summed E-state index contributed by atoms with van der Waals surface area (Å²) in [6.07, 6.45) is 3.96. The Morgan fingerprint density at radius 3 is 2.89 bits per heavy atom. The lowest BCUT2D eigenvalue weighted by Crippen LogP contribution is -2.05. The third kappa shape index (κ3) is 4.33. The summed E-state index contributed by atoms with van der Waals surface area (Å²) in [5.74, 6) is -0.631. The number of esters is 1. The molecular weight excluding hydrogens is 242 g/mol. The third-order valence-corrected chi connectivity index (χ3v) is 2.35. The number of carbonyl (C=O) groups excluding carboxylic acids is 1. The molecule has 0 aliphatic carbocycles. The standard InChI is InChI=1S/C14H15N3O2/c1-3-7-11-8-5-6-9-12(11)10-13(16-17-15)14(18)19-4-2/h3,5-6,8-10H,1,4,7H2,2H3/b13-10-. The zero-order valence-electron chi connectivity index (χ0n) is 10.7. The Morgan fingerprint density at radius 2 is 2.26 bits per heavy atom. The average molecular weight is 257 g/mol. The van der Waals surface area contributed by atoms with Gasteiger partial charge in [-0.25, -0.2) is 4.79 Å². The Labute approximate surface area is 111 Å². The fourth-order valence-corrected chi connectivity index (χ4v) is 1.55. The van der Waals surface area contributed by atoms with E-state index in [2.05, 4.69) is 16.6 Å². The van der Waals surface area contributed by atoms with E-state index in [1.54, 1.807) is 13.0 Å². The van der Waals surface area contributed by atoms with Gasteiger partial charge in [0.15, 0.2) is 0 Å². The summed E-state index contributed by atoms with van der Waals surface area (Å²) in [5.41, 5.74) is 10.2. The van der Waals surface area contributed by atoms with Crippen LogP contribution in [0.1, 0.15) is 18.1 Å². The molecule has 1 aromatic carbocycles. The van der Waals surface area contributed by atoms with Crippen molar-refractivity contribution >= 4 is 12.0 Å². The zero-order valence-corrected chi connectivity index (χ0v) is 10.7. The van der Waals surface area contributed by atoms with Crippen LogP contribution >= 0.6 is 0 Å². The number of allylic oxidation sites excluding steroid dienone is 1. The Morgan fingerprint density at radius 1 is 1.53 bits per heavy atom. The second-order valence-corrected chi connectivity index (χ2v) is 3.63. The van der Waals surface area contributed by atoms with Crippen molar-refractivity contribution in [3.05, 3.63) is 64.2 Å². The molecular formula is C14H15N3O2. The van der Waals surface area contributed by atoms with E-state index < -0.39 is 5.97 Å². The zero-order chi connectivity index (χ0) is 14.1. The Balaban J connectivity index is 3.18. The highest BCUT2D eigenvalue weighted by Crippen LogP contribution is 2.16. The maximum atomic E-state index is 11.6. The molecule has 0 saturated heterocycles. The van der Waals surface area contributed by atoms with Crippen LogP contribution in [0, 0.1) is 0 Å². The summed E-state index contributed by atoms with van der Waals surface area (Å²) >= 11 is 0. The van der Waals surface area contributed by atoms with Crippen LogP contribution in [0.2, 0.25) is 0 Å². The molecule has 0 saturated carbocycles. The van der Waals surface area contributed by atoms with E-state index >= 15 is 0 Å². The molecule has 19 heavy (non-hydrogen) atoms. The number of benzene rings is 1. The van der Waals surface area contributed by atoms with Gasteiger partial charge in [-0.1, -0.05) is 35.5 Å². The highest BCUT2D eigenvalue weighted by Gasteiger charge is 2.09. The van der Waals surface area contributed by atoms with Gasteiger partial charge >= 0.3 is 5.97 Å². The fourth-order valence-electron chi connectivity index (χ4n) is 1.55. The van der Waals surface area contributed by atoms with E-state index in [0.29, 0.717) is 6.42 Å². The van der Waals surface area contributed by atoms with Crippen LogP contribution in [-0.2, 0) is 16.0 Å². The Hall–Kier alpha value is -2.52. The van der Waals surface area contributed by atoms with Gasteiger partial charge in [0.2, 0.25) is 0 Å². The number of hydrogen-bond acceptors (Lipinski definition) is 3. The summed E-state index contributed by atoms with van der Waals surface area (Å²) in [5, 5.41) is 3.38. The van der Waals surface area contributed by atoms with Gasteiger partial charge in [-0.2, -0.15) is 0 Å². The maximum absolute atomic E-state index is 11.6. The van der Waals surface area contributed by atoms with E-state index in [0.717, 1.165) is 11.1 Å². The highest BCUT2D eigenvalue weighted by molar-refractivity contribution is 5.93. The molecule has 0 atom stereocenters. The lowest BCUT2D eigenvalue weighted by Gasteiger charge is -2.05. The summed E-state index contributed by atoms with van der Waals surface area (Å²) in [6.45, 7) is 5.60. The van der Waals surface area contributed by atoms with Gasteiger partial charge in [-0.05, 0) is 36.1 Å². The molecule has 0 aliphatic rings. The van der Waals surface area contributed by atoms with Crippen LogP contribution in [-0.4, -0.2) is 12.6 Å². The topological polar surface area (TPSA) is 75.1 Å². The summed E-state index contributed by atoms with van der Waals surface area (Å²) in [4.78, 5) is 14.3. The van der Waals surface area contributed by atoms with Crippen molar-refractivity contribution in [1.82, 2.24) is 0 Å². The smallest absolute Gasteiger partial charge is 0.340 e. The molecule has 98 valence electrons. The van der Waals surface area contributed by atoms with Gasteiger partial charge in [-0.3, -0.25) is 0 Å². The van der Waals surface area contributed by atoms with Crippen molar-refractivity contribution in [2.24, 2.45) is 5.11 Å². The number of nitrogens with zero attached hydrogens (tertiary/aromatic N) is 3. The number of hydrogen-bond donors (Lipinski definition) is 0. The van der Waals surface area contributed by atoms with E-state index in [4.69, 9.17) is 10.3 Å². The fraction of sp³-hybridized carbons (Fsp3) is 0.214. The quantitative estimate of drug-likeness (QED) is 0.195. The summed E-state index contributed by atoms with van der Waals surface area (Å²) in [7, 11) is 0. The molecule has 0 aliphatic heterocycles. The second kappa shape index (κ2) is 7.74. The van der Waals surface area contributed by atoms with Crippen LogP contribution in [0.3, 0.4) is 0 Å². The SMILES string of the molecule is C=CCc1ccccc1/C=C(\N=[N+]=[N-])C(=O)OCC. The number of azide groups is 1. The van der Waals surface area contributed by atoms with E-state index in [9.17, 15) is 4.79 Å². The van der Waals surface area contributed by atoms with Gasteiger partial charge in [0.25, 0.3) is 0 Å². The van der Waals surface area contributed by atoms with Gasteiger partial charge in [-0.15, -0.1) is 6.58 Å². The first-order valence-electron chi connectivity index (χ1n) is 5.85. The van der Waals surface area contributed by atoms with Crippen LogP contribution in [0.25, 0.3) is 16.5 Å². The van der Waals surface area contributed by atoms with E-state index in [1.807, 2.05) is 24.3 Å². The molecule has 0 radical (unpaired) electrons. The molecule has 0 unspecified atom stereocenters. The molecule has 1 rings (SSSR count). The molecule has 0 spiro atoms. The molecule has 1 aromatic rings. The molecule has 0 bridgehead atoms. The molecule has 0 aromatic heterocycles. The summed E-state index contributed by atoms with van der Waals surface area (Å²) in [6, 6.07) is 7.50. The van der Waals surface area contributed by atoms with Crippen LogP contribution in [0.5, 0.6) is 0 Å². The number of carbonyl (C=O) groups is 1. The van der Waals surface area contributed by atoms with Gasteiger partial charge in [0, 0.05) is 4.91 Å². The first-order valence-corrected chi connectivity index (χ1v) is 5.85. The lowest BCUT2D eigenvalue weighted by atomic mass is 10.0. The molecule has 0 fully saturated rings. The minimum Gasteiger partial charge on any atom is -0.462 e. The highest BCUT2D eigenvalue weighted by atomic mass is 16.5. The van der Waals surface area contributed by atoms with Crippen LogP contribution in [0.15, 0.2) is 47.7 Å². The largest absolute Gasteiger partial charge is 0.462 e. The predicted molar refractivity (Wildman–Crippen MR) is 74.1 cm³/mol. The predicted octanol–water partition coefficient (Wildman–Crippen LogP) is 3.63. The van der Waals surface area contributed by atoms with Gasteiger partial charge in [0.1, 0.15) is 5.70 Å². The van der Waals surface area contributed by atoms with Crippen molar-refractivity contribution in [1.29, 1.82) is 0 Å². The monoisotopic (exact) mass is 257 g/mol. The number of ether oxygens (including phenoxy) is 1. The Kier molecular flexibility index (Phi) is 5.92. The molecule has 0 heterocycles. The lowest BCUT2D eigenvalue weighted by molar-refractivity contribution is -0.138. The van der Waals surface area contributed by atoms with Crippen molar-refractivity contribution in [2.75, 3.05) is 6.61 Å². The summed E-state index contributed by atoms with van der Waals surface area (Å²) < 4.78 is 4.84. The van der Waals surface area contributed by atoms with Crippen molar-refractivity contribution < 1.29 is 9.53 Å². The normalized spacial score (nSPS) is 10.5. The first kappa shape index (κ1) is 14.5. The van der Waals surface area contributed by atoms with E-state index in [-0.39, 0.29) is 12.3 Å². The maximum Gasteiger partial charge on any atom is 0.340 e. The van der Waals surface area contributed by atoms with E-state index in [1.165, 1.54) is 6.08 Å². The van der Waals surface area contributed by atoms with Crippen molar-refractivity contribution in [2.45, 2.75) is 13.3 Å². The molecule has 0 N–H and O–H groups in total. The average Bonchev–Trinajstić information content (AvgIpc) is 2.41.